The van der Waals surface area contributed by atoms with Gasteiger partial charge in [-0.25, -0.2) is 4.79 Å². The summed E-state index contributed by atoms with van der Waals surface area (Å²) in [5, 5.41) is 0. The molecule has 1 aliphatic heterocycles. The molecule has 1 aromatic carbocycles. The van der Waals surface area contributed by atoms with Crippen LogP contribution in [-0.2, 0) is 14.3 Å². The van der Waals surface area contributed by atoms with Crippen molar-refractivity contribution in [3.63, 3.8) is 0 Å². The van der Waals surface area contributed by atoms with Gasteiger partial charge in [0.25, 0.3) is 0 Å². The maximum absolute atomic E-state index is 13.4. The van der Waals surface area contributed by atoms with Gasteiger partial charge in [-0.05, 0) is 31.1 Å². The van der Waals surface area contributed by atoms with E-state index in [-0.39, 0.29) is 17.7 Å². The first kappa shape index (κ1) is 17.3. The second-order valence-corrected chi connectivity index (χ2v) is 5.12. The number of halogens is 3. The number of esters is 1. The molecule has 4 nitrogen and oxygen atoms in total. The summed E-state index contributed by atoms with van der Waals surface area (Å²) in [6, 6.07) is 4.84. The van der Waals surface area contributed by atoms with Crippen molar-refractivity contribution >= 4 is 11.5 Å². The number of carbonyl (C=O) groups is 1. The van der Waals surface area contributed by atoms with E-state index >= 15 is 0 Å². The van der Waals surface area contributed by atoms with E-state index in [0.29, 0.717) is 5.56 Å². The average molecular weight is 330 g/mol. The molecule has 2 rings (SSSR count). The molecular weight excluding hydrogens is 313 g/mol. The van der Waals surface area contributed by atoms with E-state index in [2.05, 4.69) is 4.74 Å². The van der Waals surface area contributed by atoms with Crippen molar-refractivity contribution in [1.29, 1.82) is 0 Å². The van der Waals surface area contributed by atoms with Crippen molar-refractivity contribution < 1.29 is 32.2 Å². The number of hydrogen-bond acceptors (Lipinski definition) is 4. The van der Waals surface area contributed by atoms with Crippen molar-refractivity contribution in [2.45, 2.75) is 32.5 Å². The Balaban J connectivity index is 2.61. The summed E-state index contributed by atoms with van der Waals surface area (Å²) < 4.78 is 54.5. The SMILES string of the molecule is CCC1=C(C(=O)OCOC)C(C(F)(F)F)Oc2ccc(C)cc21. The lowest BCUT2D eigenvalue weighted by atomic mass is 9.90. The molecule has 0 aromatic heterocycles. The monoisotopic (exact) mass is 330 g/mol. The summed E-state index contributed by atoms with van der Waals surface area (Å²) in [5.41, 5.74) is 1.10. The summed E-state index contributed by atoms with van der Waals surface area (Å²) in [4.78, 5) is 12.1. The molecule has 0 saturated heterocycles. The Kier molecular flexibility index (Phi) is 4.99. The Morgan fingerprint density at radius 3 is 2.61 bits per heavy atom. The summed E-state index contributed by atoms with van der Waals surface area (Å²) in [7, 11) is 1.28. The van der Waals surface area contributed by atoms with E-state index in [1.165, 1.54) is 13.2 Å². The van der Waals surface area contributed by atoms with Crippen LogP contribution in [0.15, 0.2) is 23.8 Å². The van der Waals surface area contributed by atoms with E-state index in [9.17, 15) is 18.0 Å². The average Bonchev–Trinajstić information content (AvgIpc) is 2.49. The Morgan fingerprint density at radius 2 is 2.04 bits per heavy atom. The number of carbonyl (C=O) groups excluding carboxylic acids is 1. The van der Waals surface area contributed by atoms with E-state index in [1.807, 2.05) is 6.92 Å². The first-order valence-corrected chi connectivity index (χ1v) is 7.03. The quantitative estimate of drug-likeness (QED) is 0.625. The van der Waals surface area contributed by atoms with Crippen LogP contribution in [-0.4, -0.2) is 32.2 Å². The van der Waals surface area contributed by atoms with Gasteiger partial charge in [0, 0.05) is 12.7 Å². The lowest BCUT2D eigenvalue weighted by Crippen LogP contribution is -2.42. The highest BCUT2D eigenvalue weighted by Gasteiger charge is 2.50. The molecule has 0 radical (unpaired) electrons. The molecule has 7 heteroatoms. The highest BCUT2D eigenvalue weighted by atomic mass is 19.4. The second-order valence-electron chi connectivity index (χ2n) is 5.12. The molecule has 0 saturated carbocycles. The summed E-state index contributed by atoms with van der Waals surface area (Å²) in [5.74, 6) is -0.976. The molecule has 23 heavy (non-hydrogen) atoms. The van der Waals surface area contributed by atoms with Gasteiger partial charge in [0.05, 0.1) is 5.57 Å². The smallest absolute Gasteiger partial charge is 0.430 e. The standard InChI is InChI=1S/C16H17F3O4/c1-4-10-11-7-9(2)5-6-12(11)23-14(16(17,18)19)13(10)15(20)22-8-21-3/h5-7,14H,4,8H2,1-3H3. The van der Waals surface area contributed by atoms with Gasteiger partial charge in [-0.15, -0.1) is 0 Å². The van der Waals surface area contributed by atoms with Gasteiger partial charge in [-0.2, -0.15) is 13.2 Å². The Bertz CT molecular complexity index is 635. The van der Waals surface area contributed by atoms with Crippen LogP contribution in [0.5, 0.6) is 5.75 Å². The third-order valence-corrected chi connectivity index (χ3v) is 3.47. The van der Waals surface area contributed by atoms with Gasteiger partial charge >= 0.3 is 12.1 Å². The molecule has 0 amide bonds. The fourth-order valence-corrected chi connectivity index (χ4v) is 2.50. The molecule has 1 heterocycles. The number of benzene rings is 1. The molecular formula is C16H17F3O4. The summed E-state index contributed by atoms with van der Waals surface area (Å²) in [6.45, 7) is 3.07. The third kappa shape index (κ3) is 3.50. The molecule has 126 valence electrons. The van der Waals surface area contributed by atoms with Crippen molar-refractivity contribution in [3.05, 3.63) is 34.9 Å². The molecule has 0 aliphatic carbocycles. The largest absolute Gasteiger partial charge is 0.475 e. The van der Waals surface area contributed by atoms with Crippen LogP contribution >= 0.6 is 0 Å². The zero-order chi connectivity index (χ0) is 17.2. The number of methoxy groups -OCH3 is 1. The Labute approximate surface area is 131 Å². The normalized spacial score (nSPS) is 17.6. The van der Waals surface area contributed by atoms with Gasteiger partial charge in [0.2, 0.25) is 6.10 Å². The number of rotatable bonds is 4. The Morgan fingerprint density at radius 1 is 1.35 bits per heavy atom. The number of allylic oxidation sites excluding steroid dienone is 1. The molecule has 1 aromatic rings. The van der Waals surface area contributed by atoms with Crippen LogP contribution in [0.25, 0.3) is 5.57 Å². The molecule has 1 atom stereocenters. The fourth-order valence-electron chi connectivity index (χ4n) is 2.50. The van der Waals surface area contributed by atoms with E-state index in [4.69, 9.17) is 9.47 Å². The first-order chi connectivity index (χ1) is 10.8. The van der Waals surface area contributed by atoms with Crippen molar-refractivity contribution in [3.8, 4) is 5.75 Å². The number of ether oxygens (including phenoxy) is 3. The van der Waals surface area contributed by atoms with E-state index < -0.39 is 30.6 Å². The van der Waals surface area contributed by atoms with Crippen LogP contribution in [0.3, 0.4) is 0 Å². The second kappa shape index (κ2) is 6.62. The Hall–Kier alpha value is -2.02. The molecule has 1 unspecified atom stereocenters. The zero-order valence-corrected chi connectivity index (χ0v) is 13.0. The fraction of sp³-hybridized carbons (Fsp3) is 0.438. The van der Waals surface area contributed by atoms with Gasteiger partial charge in [-0.3, -0.25) is 0 Å². The van der Waals surface area contributed by atoms with Gasteiger partial charge in [0.15, 0.2) is 6.79 Å². The highest BCUT2D eigenvalue weighted by Crippen LogP contribution is 2.43. The number of alkyl halides is 3. The van der Waals surface area contributed by atoms with Crippen molar-refractivity contribution in [1.82, 2.24) is 0 Å². The van der Waals surface area contributed by atoms with E-state index in [0.717, 1.165) is 5.56 Å². The third-order valence-electron chi connectivity index (χ3n) is 3.47. The number of hydrogen-bond donors (Lipinski definition) is 0. The minimum absolute atomic E-state index is 0.109. The minimum atomic E-state index is -4.73. The predicted molar refractivity (Wildman–Crippen MR) is 76.8 cm³/mol. The molecule has 0 fully saturated rings. The minimum Gasteiger partial charge on any atom is -0.475 e. The van der Waals surface area contributed by atoms with Crippen LogP contribution in [0, 0.1) is 6.92 Å². The van der Waals surface area contributed by atoms with Gasteiger partial charge in [0.1, 0.15) is 5.75 Å². The topological polar surface area (TPSA) is 44.8 Å². The zero-order valence-electron chi connectivity index (χ0n) is 13.0. The molecule has 0 bridgehead atoms. The molecule has 0 spiro atoms. The maximum Gasteiger partial charge on any atom is 0.430 e. The molecule has 0 N–H and O–H groups in total. The number of aryl methyl sites for hydroxylation is 1. The van der Waals surface area contributed by atoms with Crippen molar-refractivity contribution in [2.24, 2.45) is 0 Å². The van der Waals surface area contributed by atoms with Crippen LogP contribution in [0.2, 0.25) is 0 Å². The number of fused-ring (bicyclic) bond motifs is 1. The highest BCUT2D eigenvalue weighted by molar-refractivity contribution is 6.00. The van der Waals surface area contributed by atoms with Crippen molar-refractivity contribution in [2.75, 3.05) is 13.9 Å². The predicted octanol–water partition coefficient (Wildman–Crippen LogP) is 3.63. The lowest BCUT2D eigenvalue weighted by Gasteiger charge is -2.31. The van der Waals surface area contributed by atoms with Crippen LogP contribution < -0.4 is 4.74 Å². The summed E-state index contributed by atoms with van der Waals surface area (Å²) in [6.07, 6.45) is -6.84. The van der Waals surface area contributed by atoms with Crippen LogP contribution in [0.1, 0.15) is 24.5 Å². The summed E-state index contributed by atoms with van der Waals surface area (Å²) >= 11 is 0. The first-order valence-electron chi connectivity index (χ1n) is 7.03. The van der Waals surface area contributed by atoms with E-state index in [1.54, 1.807) is 19.1 Å². The van der Waals surface area contributed by atoms with Gasteiger partial charge < -0.3 is 14.2 Å². The van der Waals surface area contributed by atoms with Gasteiger partial charge in [-0.1, -0.05) is 18.6 Å². The molecule has 1 aliphatic rings. The lowest BCUT2D eigenvalue weighted by molar-refractivity contribution is -0.189. The van der Waals surface area contributed by atoms with Crippen LogP contribution in [0.4, 0.5) is 13.2 Å². The maximum atomic E-state index is 13.4.